The third-order valence-electron chi connectivity index (χ3n) is 4.79. The van der Waals surface area contributed by atoms with Crippen LogP contribution in [0.2, 0.25) is 0 Å². The highest BCUT2D eigenvalue weighted by molar-refractivity contribution is 5.86. The fourth-order valence-electron chi connectivity index (χ4n) is 3.32. The maximum Gasteiger partial charge on any atom is 0.433 e. The van der Waals surface area contributed by atoms with Gasteiger partial charge in [0.25, 0.3) is 0 Å². The second-order valence-electron chi connectivity index (χ2n) is 6.65. The lowest BCUT2D eigenvalue weighted by molar-refractivity contribution is -0.140. The molecule has 7 heteroatoms. The Hall–Kier alpha value is -3.74. The van der Waals surface area contributed by atoms with Crippen molar-refractivity contribution in [2.45, 2.75) is 6.18 Å². The van der Waals surface area contributed by atoms with Gasteiger partial charge in [0.1, 0.15) is 22.9 Å². The minimum Gasteiger partial charge on any atom is -0.507 e. The summed E-state index contributed by atoms with van der Waals surface area (Å²) in [6.07, 6.45) is -4.64. The largest absolute Gasteiger partial charge is 0.507 e. The zero-order valence-electron chi connectivity index (χ0n) is 15.9. The van der Waals surface area contributed by atoms with Crippen molar-refractivity contribution in [1.29, 1.82) is 0 Å². The van der Waals surface area contributed by atoms with Crippen LogP contribution in [-0.2, 0) is 6.18 Å². The lowest BCUT2D eigenvalue weighted by atomic mass is 9.96. The molecule has 152 valence electrons. The number of nitrogens with zero attached hydrogens (tertiary/aromatic N) is 1. The van der Waals surface area contributed by atoms with Crippen molar-refractivity contribution in [1.82, 2.24) is 10.2 Å². The van der Waals surface area contributed by atoms with Gasteiger partial charge in [-0.3, -0.25) is 5.10 Å². The van der Waals surface area contributed by atoms with Crippen LogP contribution in [0.3, 0.4) is 0 Å². The van der Waals surface area contributed by atoms with E-state index in [1.807, 2.05) is 30.3 Å². The quantitative estimate of drug-likeness (QED) is 0.425. The SMILES string of the molecule is COc1ccc(-c2n[nH]c(C(F)(F)F)c2-c2ccc(-c3ccccc3)cc2)c(O)c1. The Morgan fingerprint density at radius 1 is 0.867 bits per heavy atom. The Kier molecular flexibility index (Phi) is 4.95. The van der Waals surface area contributed by atoms with Gasteiger partial charge in [-0.1, -0.05) is 54.6 Å². The molecule has 0 saturated carbocycles. The summed E-state index contributed by atoms with van der Waals surface area (Å²) in [6, 6.07) is 20.7. The number of methoxy groups -OCH3 is 1. The summed E-state index contributed by atoms with van der Waals surface area (Å²) in [4.78, 5) is 0. The molecule has 3 aromatic carbocycles. The van der Waals surface area contributed by atoms with E-state index in [0.717, 1.165) is 11.1 Å². The molecular weight excluding hydrogens is 393 g/mol. The molecule has 1 aromatic heterocycles. The molecule has 0 atom stereocenters. The number of benzene rings is 3. The molecule has 4 nitrogen and oxygen atoms in total. The molecule has 0 spiro atoms. The Balaban J connectivity index is 1.85. The number of hydrogen-bond donors (Lipinski definition) is 2. The van der Waals surface area contributed by atoms with Crippen LogP contribution in [0.15, 0.2) is 72.8 Å². The minimum absolute atomic E-state index is 0.00920. The van der Waals surface area contributed by atoms with Gasteiger partial charge in [0, 0.05) is 17.2 Å². The molecular formula is C23H17F3N2O2. The number of aromatic nitrogens is 2. The number of halogens is 3. The van der Waals surface area contributed by atoms with Crippen molar-refractivity contribution in [2.24, 2.45) is 0 Å². The summed E-state index contributed by atoms with van der Waals surface area (Å²) in [6.45, 7) is 0. The summed E-state index contributed by atoms with van der Waals surface area (Å²) in [5.74, 6) is 0.160. The molecule has 0 fully saturated rings. The van der Waals surface area contributed by atoms with E-state index in [1.54, 1.807) is 30.3 Å². The summed E-state index contributed by atoms with van der Waals surface area (Å²) >= 11 is 0. The monoisotopic (exact) mass is 410 g/mol. The molecule has 2 N–H and O–H groups in total. The first kappa shape index (κ1) is 19.6. The Morgan fingerprint density at radius 2 is 1.50 bits per heavy atom. The predicted molar refractivity (Wildman–Crippen MR) is 108 cm³/mol. The molecule has 4 rings (SSSR count). The van der Waals surface area contributed by atoms with E-state index in [2.05, 4.69) is 10.2 Å². The van der Waals surface area contributed by atoms with E-state index in [-0.39, 0.29) is 22.6 Å². The van der Waals surface area contributed by atoms with E-state index in [0.29, 0.717) is 11.3 Å². The highest BCUT2D eigenvalue weighted by atomic mass is 19.4. The summed E-state index contributed by atoms with van der Waals surface area (Å²) < 4.78 is 46.1. The van der Waals surface area contributed by atoms with Crippen molar-refractivity contribution in [3.05, 3.63) is 78.5 Å². The molecule has 0 radical (unpaired) electrons. The van der Waals surface area contributed by atoms with Gasteiger partial charge in [0.05, 0.1) is 7.11 Å². The third kappa shape index (κ3) is 3.61. The van der Waals surface area contributed by atoms with Crippen LogP contribution in [0.4, 0.5) is 13.2 Å². The zero-order valence-corrected chi connectivity index (χ0v) is 15.9. The number of nitrogens with one attached hydrogen (secondary N) is 1. The van der Waals surface area contributed by atoms with E-state index >= 15 is 0 Å². The van der Waals surface area contributed by atoms with E-state index in [9.17, 15) is 18.3 Å². The fourth-order valence-corrected chi connectivity index (χ4v) is 3.32. The number of rotatable bonds is 4. The standard InChI is InChI=1S/C23H17F3N2O2/c1-30-17-11-12-18(19(29)13-17)21-20(22(28-27-21)23(24,25)26)16-9-7-15(8-10-16)14-5-3-2-4-6-14/h2-13,29H,1H3,(H,27,28). The normalized spacial score (nSPS) is 11.5. The van der Waals surface area contributed by atoms with Crippen LogP contribution in [0, 0.1) is 0 Å². The number of H-pyrrole nitrogens is 1. The van der Waals surface area contributed by atoms with Crippen LogP contribution in [0.25, 0.3) is 33.5 Å². The number of alkyl halides is 3. The number of phenols is 1. The van der Waals surface area contributed by atoms with Gasteiger partial charge in [-0.25, -0.2) is 0 Å². The van der Waals surface area contributed by atoms with Crippen LogP contribution < -0.4 is 4.74 Å². The summed E-state index contributed by atoms with van der Waals surface area (Å²) in [5.41, 5.74) is 1.26. The topological polar surface area (TPSA) is 58.1 Å². The molecule has 0 aliphatic heterocycles. The molecule has 4 aromatic rings. The maximum atomic E-state index is 13.7. The van der Waals surface area contributed by atoms with Gasteiger partial charge in [-0.15, -0.1) is 0 Å². The number of aromatic amines is 1. The van der Waals surface area contributed by atoms with Gasteiger partial charge in [-0.2, -0.15) is 18.3 Å². The maximum absolute atomic E-state index is 13.7. The van der Waals surface area contributed by atoms with Crippen LogP contribution in [0.5, 0.6) is 11.5 Å². The zero-order chi connectivity index (χ0) is 21.3. The van der Waals surface area contributed by atoms with Crippen molar-refractivity contribution >= 4 is 0 Å². The van der Waals surface area contributed by atoms with E-state index < -0.39 is 11.9 Å². The van der Waals surface area contributed by atoms with Gasteiger partial charge in [0.2, 0.25) is 0 Å². The summed E-state index contributed by atoms with van der Waals surface area (Å²) in [7, 11) is 1.43. The van der Waals surface area contributed by atoms with Crippen LogP contribution in [0.1, 0.15) is 5.69 Å². The molecule has 0 aliphatic rings. The molecule has 0 unspecified atom stereocenters. The second kappa shape index (κ2) is 7.59. The van der Waals surface area contributed by atoms with Crippen molar-refractivity contribution in [2.75, 3.05) is 7.11 Å². The fraction of sp³-hybridized carbons (Fsp3) is 0.0870. The highest BCUT2D eigenvalue weighted by Crippen LogP contribution is 2.44. The molecule has 0 amide bonds. The highest BCUT2D eigenvalue weighted by Gasteiger charge is 2.38. The first-order valence-corrected chi connectivity index (χ1v) is 9.07. The molecule has 0 aliphatic carbocycles. The first-order chi connectivity index (χ1) is 14.4. The number of hydrogen-bond acceptors (Lipinski definition) is 3. The molecule has 30 heavy (non-hydrogen) atoms. The van der Waals surface area contributed by atoms with Gasteiger partial charge >= 0.3 is 6.18 Å². The Morgan fingerprint density at radius 3 is 2.10 bits per heavy atom. The predicted octanol–water partition coefficient (Wildman–Crippen LogP) is 6.14. The van der Waals surface area contributed by atoms with E-state index in [4.69, 9.17) is 4.74 Å². The van der Waals surface area contributed by atoms with Crippen molar-refractivity contribution in [3.8, 4) is 45.0 Å². The van der Waals surface area contributed by atoms with Crippen LogP contribution in [-0.4, -0.2) is 22.4 Å². The Bertz CT molecular complexity index is 1170. The lowest BCUT2D eigenvalue weighted by Crippen LogP contribution is -2.07. The van der Waals surface area contributed by atoms with Crippen molar-refractivity contribution in [3.63, 3.8) is 0 Å². The van der Waals surface area contributed by atoms with Gasteiger partial charge < -0.3 is 9.84 Å². The van der Waals surface area contributed by atoms with Gasteiger partial charge in [-0.05, 0) is 28.8 Å². The minimum atomic E-state index is -4.64. The van der Waals surface area contributed by atoms with Crippen molar-refractivity contribution < 1.29 is 23.0 Å². The average molecular weight is 410 g/mol. The number of aromatic hydroxyl groups is 1. The smallest absolute Gasteiger partial charge is 0.433 e. The number of phenolic OH excluding ortho intramolecular Hbond substituents is 1. The summed E-state index contributed by atoms with van der Waals surface area (Å²) in [5, 5.41) is 16.3. The third-order valence-corrected chi connectivity index (χ3v) is 4.79. The number of ether oxygens (including phenoxy) is 1. The average Bonchev–Trinajstić information content (AvgIpc) is 3.20. The molecule has 0 bridgehead atoms. The van der Waals surface area contributed by atoms with Crippen LogP contribution >= 0.6 is 0 Å². The first-order valence-electron chi connectivity index (χ1n) is 9.07. The molecule has 0 saturated heterocycles. The lowest BCUT2D eigenvalue weighted by Gasteiger charge is -2.11. The second-order valence-corrected chi connectivity index (χ2v) is 6.65. The molecule has 1 heterocycles. The Labute approximate surface area is 170 Å². The van der Waals surface area contributed by atoms with Gasteiger partial charge in [0.15, 0.2) is 0 Å². The van der Waals surface area contributed by atoms with E-state index in [1.165, 1.54) is 19.2 Å².